The molecule has 5 nitrogen and oxygen atoms in total. The number of nitrogens with one attached hydrogen (secondary N) is 1. The topological polar surface area (TPSA) is 75.0 Å². The maximum atomic E-state index is 13.6. The number of benzene rings is 2. The van der Waals surface area contributed by atoms with E-state index in [1.54, 1.807) is 11.3 Å². The summed E-state index contributed by atoms with van der Waals surface area (Å²) < 4.78 is 5.76. The number of carbonyl (C=O) groups is 1. The molecular weight excluding hydrogens is 466 g/mol. The van der Waals surface area contributed by atoms with E-state index in [9.17, 15) is 10.1 Å². The average molecular weight is 496 g/mol. The molecule has 0 radical (unpaired) electrons. The van der Waals surface area contributed by atoms with Crippen molar-refractivity contribution in [2.75, 3.05) is 5.32 Å². The number of carbonyl (C=O) groups excluding carboxylic acids is 1. The molecule has 1 atom stereocenters. The van der Waals surface area contributed by atoms with Crippen molar-refractivity contribution in [2.45, 2.75) is 52.6 Å². The highest BCUT2D eigenvalue weighted by atomic mass is 32.1. The summed E-state index contributed by atoms with van der Waals surface area (Å²) in [7, 11) is 0. The third kappa shape index (κ3) is 4.72. The van der Waals surface area contributed by atoms with E-state index in [1.807, 2.05) is 68.4 Å². The summed E-state index contributed by atoms with van der Waals surface area (Å²) in [5, 5.41) is 14.4. The minimum Gasteiger partial charge on any atom is -0.491 e. The van der Waals surface area contributed by atoms with Crippen molar-refractivity contribution in [1.29, 1.82) is 5.26 Å². The van der Waals surface area contributed by atoms with Gasteiger partial charge in [0.1, 0.15) is 16.8 Å². The molecule has 0 saturated heterocycles. The summed E-state index contributed by atoms with van der Waals surface area (Å²) in [5.74, 6) is 1.22. The van der Waals surface area contributed by atoms with E-state index in [0.29, 0.717) is 27.7 Å². The van der Waals surface area contributed by atoms with E-state index in [1.165, 1.54) is 4.88 Å². The van der Waals surface area contributed by atoms with Crippen LogP contribution in [0.2, 0.25) is 0 Å². The number of hydrogen-bond acceptors (Lipinski definition) is 5. The lowest BCUT2D eigenvalue weighted by Crippen LogP contribution is -2.13. The molecule has 2 heterocycles. The van der Waals surface area contributed by atoms with Crippen LogP contribution in [0.25, 0.3) is 22.2 Å². The zero-order valence-electron chi connectivity index (χ0n) is 20.8. The Morgan fingerprint density at radius 3 is 2.72 bits per heavy atom. The summed E-state index contributed by atoms with van der Waals surface area (Å²) in [6, 6.07) is 19.6. The molecule has 0 fully saturated rings. The number of amides is 1. The van der Waals surface area contributed by atoms with Crippen LogP contribution >= 0.6 is 11.3 Å². The Morgan fingerprint density at radius 1 is 1.22 bits per heavy atom. The largest absolute Gasteiger partial charge is 0.491 e. The molecule has 0 saturated carbocycles. The Morgan fingerprint density at radius 2 is 2.00 bits per heavy atom. The van der Waals surface area contributed by atoms with Crippen molar-refractivity contribution in [3.8, 4) is 23.1 Å². The van der Waals surface area contributed by atoms with E-state index in [-0.39, 0.29) is 12.0 Å². The number of fused-ring (bicyclic) bond motifs is 2. The zero-order chi connectivity index (χ0) is 25.2. The van der Waals surface area contributed by atoms with E-state index in [0.717, 1.165) is 53.5 Å². The lowest BCUT2D eigenvalue weighted by Gasteiger charge is -2.20. The standard InChI is InChI=1S/C30H29N3O2S/c1-4-19-9-14-23-25(17-31)30(36-28(23)15-19)33-29(34)24-16-27(32-26-8-6-5-7-22(24)26)20-10-12-21(13-11-20)35-18(2)3/h5-8,10-13,16,18-19H,4,9,14-15H2,1-3H3,(H,33,34)/t19-/m0/s1. The first-order valence-corrected chi connectivity index (χ1v) is 13.3. The van der Waals surface area contributed by atoms with Gasteiger partial charge in [-0.05, 0) is 81.0 Å². The summed E-state index contributed by atoms with van der Waals surface area (Å²) in [6.45, 7) is 6.20. The van der Waals surface area contributed by atoms with Gasteiger partial charge < -0.3 is 10.1 Å². The summed E-state index contributed by atoms with van der Waals surface area (Å²) in [5.41, 5.74) is 4.65. The molecule has 4 aromatic rings. The molecule has 36 heavy (non-hydrogen) atoms. The van der Waals surface area contributed by atoms with Crippen LogP contribution in [0.3, 0.4) is 0 Å². The average Bonchev–Trinajstić information content (AvgIpc) is 3.23. The van der Waals surface area contributed by atoms with Crippen molar-refractivity contribution in [2.24, 2.45) is 5.92 Å². The fourth-order valence-corrected chi connectivity index (χ4v) is 6.17. The van der Waals surface area contributed by atoms with Crippen molar-refractivity contribution in [3.05, 3.63) is 76.2 Å². The molecule has 2 aromatic carbocycles. The van der Waals surface area contributed by atoms with Gasteiger partial charge in [-0.1, -0.05) is 31.5 Å². The second-order valence-corrected chi connectivity index (χ2v) is 10.7. The number of nitrogens with zero attached hydrogens (tertiary/aromatic N) is 2. The quantitative estimate of drug-likeness (QED) is 0.303. The third-order valence-electron chi connectivity index (χ3n) is 6.77. The minimum atomic E-state index is -0.225. The molecule has 1 amide bonds. The molecular formula is C30H29N3O2S. The normalized spacial score (nSPS) is 14.9. The Labute approximate surface area is 215 Å². The lowest BCUT2D eigenvalue weighted by molar-refractivity contribution is 0.102. The van der Waals surface area contributed by atoms with Gasteiger partial charge in [-0.3, -0.25) is 4.79 Å². The lowest BCUT2D eigenvalue weighted by atomic mass is 9.86. The second-order valence-electron chi connectivity index (χ2n) is 9.55. The van der Waals surface area contributed by atoms with Gasteiger partial charge in [0.25, 0.3) is 5.91 Å². The van der Waals surface area contributed by atoms with Gasteiger partial charge in [0, 0.05) is 15.8 Å². The van der Waals surface area contributed by atoms with Crippen LogP contribution in [-0.4, -0.2) is 17.0 Å². The van der Waals surface area contributed by atoms with Gasteiger partial charge in [0.05, 0.1) is 28.4 Å². The van der Waals surface area contributed by atoms with E-state index < -0.39 is 0 Å². The molecule has 0 spiro atoms. The van der Waals surface area contributed by atoms with Crippen molar-refractivity contribution < 1.29 is 9.53 Å². The van der Waals surface area contributed by atoms with E-state index in [2.05, 4.69) is 18.3 Å². The van der Waals surface area contributed by atoms with Crippen LogP contribution < -0.4 is 10.1 Å². The molecule has 5 rings (SSSR count). The smallest absolute Gasteiger partial charge is 0.257 e. The van der Waals surface area contributed by atoms with Crippen LogP contribution in [0.5, 0.6) is 5.75 Å². The molecule has 0 aliphatic heterocycles. The maximum Gasteiger partial charge on any atom is 0.257 e. The van der Waals surface area contributed by atoms with E-state index >= 15 is 0 Å². The van der Waals surface area contributed by atoms with Gasteiger partial charge in [-0.15, -0.1) is 11.3 Å². The number of pyridine rings is 1. The molecule has 1 N–H and O–H groups in total. The van der Waals surface area contributed by atoms with Crippen LogP contribution in [-0.2, 0) is 12.8 Å². The number of rotatable bonds is 6. The fraction of sp³-hybridized carbons (Fsp3) is 0.300. The number of ether oxygens (including phenoxy) is 1. The summed E-state index contributed by atoms with van der Waals surface area (Å²) in [4.78, 5) is 19.7. The first-order chi connectivity index (χ1) is 17.5. The number of anilines is 1. The predicted octanol–water partition coefficient (Wildman–Crippen LogP) is 7.39. The zero-order valence-corrected chi connectivity index (χ0v) is 21.6. The molecule has 0 unspecified atom stereocenters. The summed E-state index contributed by atoms with van der Waals surface area (Å²) in [6.07, 6.45) is 4.22. The van der Waals surface area contributed by atoms with Crippen molar-refractivity contribution in [1.82, 2.24) is 4.98 Å². The molecule has 1 aliphatic rings. The van der Waals surface area contributed by atoms with Gasteiger partial charge in [-0.2, -0.15) is 5.26 Å². The van der Waals surface area contributed by atoms with Gasteiger partial charge >= 0.3 is 0 Å². The Kier molecular flexibility index (Phi) is 6.75. The maximum absolute atomic E-state index is 13.6. The minimum absolute atomic E-state index is 0.0963. The monoisotopic (exact) mass is 495 g/mol. The first-order valence-electron chi connectivity index (χ1n) is 12.5. The Hall–Kier alpha value is -3.69. The number of hydrogen-bond donors (Lipinski definition) is 1. The second kappa shape index (κ2) is 10.1. The Balaban J connectivity index is 1.50. The highest BCUT2D eigenvalue weighted by molar-refractivity contribution is 7.16. The third-order valence-corrected chi connectivity index (χ3v) is 7.94. The van der Waals surface area contributed by atoms with Crippen molar-refractivity contribution in [3.63, 3.8) is 0 Å². The SMILES string of the molecule is CC[C@H]1CCc2c(sc(NC(=O)c3cc(-c4ccc(OC(C)C)cc4)nc4ccccc34)c2C#N)C1. The molecule has 6 heteroatoms. The fourth-order valence-electron chi connectivity index (χ4n) is 4.87. The molecule has 182 valence electrons. The van der Waals surface area contributed by atoms with Crippen LogP contribution in [0.1, 0.15) is 60.0 Å². The van der Waals surface area contributed by atoms with Crippen molar-refractivity contribution >= 4 is 33.1 Å². The van der Waals surface area contributed by atoms with Crippen LogP contribution in [0.4, 0.5) is 5.00 Å². The number of para-hydroxylation sites is 1. The van der Waals surface area contributed by atoms with Gasteiger partial charge in [0.2, 0.25) is 0 Å². The molecule has 2 aromatic heterocycles. The highest BCUT2D eigenvalue weighted by Crippen LogP contribution is 2.40. The molecule has 1 aliphatic carbocycles. The number of aromatic nitrogens is 1. The summed E-state index contributed by atoms with van der Waals surface area (Å²) >= 11 is 1.56. The predicted molar refractivity (Wildman–Crippen MR) is 146 cm³/mol. The number of thiophene rings is 1. The van der Waals surface area contributed by atoms with E-state index in [4.69, 9.17) is 9.72 Å². The Bertz CT molecular complexity index is 1460. The van der Waals surface area contributed by atoms with Crippen LogP contribution in [0, 0.1) is 17.2 Å². The van der Waals surface area contributed by atoms with Gasteiger partial charge in [-0.25, -0.2) is 4.98 Å². The van der Waals surface area contributed by atoms with Gasteiger partial charge in [0.15, 0.2) is 0 Å². The number of nitriles is 1. The molecule has 0 bridgehead atoms. The highest BCUT2D eigenvalue weighted by Gasteiger charge is 2.26. The first kappa shape index (κ1) is 24.0. The van der Waals surface area contributed by atoms with Crippen LogP contribution in [0.15, 0.2) is 54.6 Å².